The molecular weight excluding hydrogens is 843 g/mol. The molecule has 0 spiro atoms. The monoisotopic (exact) mass is 902 g/mol. The van der Waals surface area contributed by atoms with Gasteiger partial charge < -0.3 is 25.0 Å². The molecule has 2 atom stereocenters. The van der Waals surface area contributed by atoms with Gasteiger partial charge >= 0.3 is 0 Å². The summed E-state index contributed by atoms with van der Waals surface area (Å²) >= 11 is 0. The largest absolute Gasteiger partial charge is 0.388 e. The number of hydrogen-bond acceptors (Lipinski definition) is 10. The second-order valence-corrected chi connectivity index (χ2v) is 18.6. The van der Waals surface area contributed by atoms with Crippen molar-refractivity contribution in [2.24, 2.45) is 13.0 Å². The number of amides is 3. The number of aryl methyl sites for hydroxylation is 2. The van der Waals surface area contributed by atoms with Gasteiger partial charge in [-0.2, -0.15) is 0 Å². The lowest BCUT2D eigenvalue weighted by atomic mass is 9.85. The lowest BCUT2D eigenvalue weighted by Crippen LogP contribution is -2.49. The van der Waals surface area contributed by atoms with E-state index in [1.807, 2.05) is 37.1 Å². The second-order valence-electron chi connectivity index (χ2n) is 18.6. The fraction of sp³-hybridized carbons (Fsp3) is 0.460. The van der Waals surface area contributed by atoms with Gasteiger partial charge in [0.25, 0.3) is 11.5 Å². The van der Waals surface area contributed by atoms with Crippen LogP contribution in [0.4, 0.5) is 25.8 Å². The number of nitrogens with zero attached hydrogens (tertiary/aromatic N) is 7. The number of piperidine rings is 3. The van der Waals surface area contributed by atoms with Crippen molar-refractivity contribution in [3.05, 3.63) is 111 Å². The molecule has 2 aromatic carbocycles. The minimum Gasteiger partial charge on any atom is -0.388 e. The number of anilines is 3. The zero-order valence-corrected chi connectivity index (χ0v) is 38.3. The Labute approximate surface area is 383 Å². The summed E-state index contributed by atoms with van der Waals surface area (Å²) in [6.45, 7) is 10.9. The van der Waals surface area contributed by atoms with Crippen LogP contribution in [-0.2, 0) is 16.6 Å². The molecule has 4 saturated heterocycles. The Morgan fingerprint density at radius 3 is 2.29 bits per heavy atom. The Bertz CT molecular complexity index is 2670. The minimum atomic E-state index is -0.570. The molecule has 3 amide bonds. The van der Waals surface area contributed by atoms with E-state index in [0.717, 1.165) is 92.1 Å². The number of halogens is 2. The first-order chi connectivity index (χ1) is 31.8. The number of benzene rings is 2. The highest BCUT2D eigenvalue weighted by molar-refractivity contribution is 6.01. The predicted molar refractivity (Wildman–Crippen MR) is 252 cm³/mol. The zero-order valence-electron chi connectivity index (χ0n) is 38.3. The van der Waals surface area contributed by atoms with E-state index in [-0.39, 0.29) is 47.4 Å². The van der Waals surface area contributed by atoms with Gasteiger partial charge in [0.15, 0.2) is 0 Å². The molecule has 348 valence electrons. The summed E-state index contributed by atoms with van der Waals surface area (Å²) in [6, 6.07) is 15.2. The van der Waals surface area contributed by atoms with Crippen LogP contribution >= 0.6 is 0 Å². The molecule has 14 nitrogen and oxygen atoms in total. The molecule has 3 N–H and O–H groups in total. The molecule has 0 bridgehead atoms. The minimum absolute atomic E-state index is 0.0529. The molecular formula is C50H60F2N10O4. The third-order valence-electron chi connectivity index (χ3n) is 14.6. The first kappa shape index (κ1) is 45.0. The summed E-state index contributed by atoms with van der Waals surface area (Å²) in [5.41, 5.74) is 6.30. The van der Waals surface area contributed by atoms with Gasteiger partial charge in [-0.3, -0.25) is 38.9 Å². The summed E-state index contributed by atoms with van der Waals surface area (Å²) in [7, 11) is 3.80. The van der Waals surface area contributed by atoms with Crippen molar-refractivity contribution in [3.8, 4) is 5.69 Å². The molecule has 5 aromatic rings. The van der Waals surface area contributed by atoms with Gasteiger partial charge in [-0.05, 0) is 131 Å². The van der Waals surface area contributed by atoms with E-state index >= 15 is 8.78 Å². The van der Waals surface area contributed by atoms with Gasteiger partial charge in [-0.15, -0.1) is 0 Å². The number of piperazine rings is 1. The molecule has 7 heterocycles. The van der Waals surface area contributed by atoms with Crippen LogP contribution in [0.1, 0.15) is 84.6 Å². The average molecular weight is 903 g/mol. The number of rotatable bonds is 11. The summed E-state index contributed by atoms with van der Waals surface area (Å²) in [5.74, 6) is -0.965. The van der Waals surface area contributed by atoms with E-state index in [4.69, 9.17) is 0 Å². The van der Waals surface area contributed by atoms with Crippen LogP contribution in [0.3, 0.4) is 0 Å². The van der Waals surface area contributed by atoms with Crippen LogP contribution in [-0.4, -0.2) is 119 Å². The summed E-state index contributed by atoms with van der Waals surface area (Å²) in [6.07, 6.45) is 7.50. The van der Waals surface area contributed by atoms with Crippen LogP contribution in [0.5, 0.6) is 0 Å². The normalized spacial score (nSPS) is 19.9. The molecule has 9 rings (SSSR count). The second kappa shape index (κ2) is 19.0. The van der Waals surface area contributed by atoms with Crippen molar-refractivity contribution in [1.29, 1.82) is 0 Å². The van der Waals surface area contributed by atoms with Crippen LogP contribution in [0.25, 0.3) is 16.7 Å². The number of likely N-dealkylation sites (tertiary alicyclic amines) is 2. The van der Waals surface area contributed by atoms with Crippen molar-refractivity contribution in [1.82, 2.24) is 34.1 Å². The molecule has 0 aliphatic carbocycles. The van der Waals surface area contributed by atoms with Gasteiger partial charge in [0.2, 0.25) is 11.8 Å². The van der Waals surface area contributed by atoms with E-state index in [9.17, 15) is 19.2 Å². The summed E-state index contributed by atoms with van der Waals surface area (Å²) in [5, 5.41) is 9.30. The maximum atomic E-state index is 16.1. The standard InChI is InChI=1S/C50H60F2N10O4/c1-31-25-35(50(66)61-16-10-33(11-17-61)30-58-21-23-60(24-22-58)43-7-5-37(27-39(43)51)55-41-6-8-45(63)56-49(41)65)26-40(52)47(31)34-12-18-59(19-13-34)32(2)44-29-38-42(9-15-54-48(38)57(44)4)62-20-14-36(53-3)28-46(62)64/h5,7,9,14-15,20,25-29,32-34,41,53,55H,6,8,10-13,16-19,21-24,30H2,1-4H3,(H,56,63,65)/t32-,41+/m1/s1. The van der Waals surface area contributed by atoms with Gasteiger partial charge in [0, 0.05) is 119 Å². The zero-order chi connectivity index (χ0) is 46.2. The van der Waals surface area contributed by atoms with Crippen LogP contribution in [0.15, 0.2) is 71.8 Å². The van der Waals surface area contributed by atoms with E-state index in [2.05, 4.69) is 53.2 Å². The van der Waals surface area contributed by atoms with Gasteiger partial charge in [0.05, 0.1) is 11.4 Å². The van der Waals surface area contributed by atoms with Gasteiger partial charge in [-0.1, -0.05) is 0 Å². The topological polar surface area (TPSA) is 140 Å². The number of carbonyl (C=O) groups excluding carboxylic acids is 3. The van der Waals surface area contributed by atoms with Gasteiger partial charge in [0.1, 0.15) is 23.3 Å². The van der Waals surface area contributed by atoms with Crippen molar-refractivity contribution in [2.45, 2.75) is 70.4 Å². The highest BCUT2D eigenvalue weighted by Gasteiger charge is 2.32. The Balaban J connectivity index is 0.749. The Morgan fingerprint density at radius 1 is 0.848 bits per heavy atom. The van der Waals surface area contributed by atoms with Crippen LogP contribution < -0.4 is 26.4 Å². The van der Waals surface area contributed by atoms with Gasteiger partial charge in [-0.25, -0.2) is 13.8 Å². The van der Waals surface area contributed by atoms with Crippen molar-refractivity contribution in [2.75, 3.05) is 81.5 Å². The number of imide groups is 1. The molecule has 0 saturated carbocycles. The fourth-order valence-corrected chi connectivity index (χ4v) is 10.8. The average Bonchev–Trinajstić information content (AvgIpc) is 3.66. The van der Waals surface area contributed by atoms with Crippen LogP contribution in [0.2, 0.25) is 0 Å². The van der Waals surface area contributed by atoms with E-state index < -0.39 is 11.9 Å². The van der Waals surface area contributed by atoms with Crippen molar-refractivity contribution >= 4 is 45.8 Å². The summed E-state index contributed by atoms with van der Waals surface area (Å²) in [4.78, 5) is 63.8. The number of carbonyl (C=O) groups is 3. The number of aromatic nitrogens is 3. The molecule has 66 heavy (non-hydrogen) atoms. The number of nitrogens with one attached hydrogen (secondary N) is 3. The fourth-order valence-electron chi connectivity index (χ4n) is 10.8. The van der Waals surface area contributed by atoms with E-state index in [1.165, 1.54) is 12.1 Å². The number of pyridine rings is 2. The Kier molecular flexibility index (Phi) is 13.0. The lowest BCUT2D eigenvalue weighted by molar-refractivity contribution is -0.133. The molecule has 0 unspecified atom stereocenters. The highest BCUT2D eigenvalue weighted by Crippen LogP contribution is 2.37. The quantitative estimate of drug-likeness (QED) is 0.132. The number of fused-ring (bicyclic) bond motifs is 1. The molecule has 3 aromatic heterocycles. The molecule has 16 heteroatoms. The third-order valence-corrected chi connectivity index (χ3v) is 14.6. The first-order valence-electron chi connectivity index (χ1n) is 23.4. The van der Waals surface area contributed by atoms with E-state index in [1.54, 1.807) is 42.2 Å². The molecule has 4 aliphatic rings. The van der Waals surface area contributed by atoms with Crippen LogP contribution in [0, 0.1) is 24.5 Å². The smallest absolute Gasteiger partial charge is 0.257 e. The Morgan fingerprint density at radius 2 is 1.61 bits per heavy atom. The maximum Gasteiger partial charge on any atom is 0.257 e. The lowest BCUT2D eigenvalue weighted by Gasteiger charge is -2.39. The van der Waals surface area contributed by atoms with Crippen molar-refractivity contribution in [3.63, 3.8) is 0 Å². The molecule has 4 fully saturated rings. The molecule has 4 aliphatic heterocycles. The third kappa shape index (κ3) is 9.17. The Hall–Kier alpha value is -6.13. The van der Waals surface area contributed by atoms with E-state index in [0.29, 0.717) is 61.0 Å². The predicted octanol–water partition coefficient (Wildman–Crippen LogP) is 6.18. The maximum absolute atomic E-state index is 16.1. The number of hydrogen-bond donors (Lipinski definition) is 3. The highest BCUT2D eigenvalue weighted by atomic mass is 19.1. The van der Waals surface area contributed by atoms with Crippen molar-refractivity contribution < 1.29 is 23.2 Å². The summed E-state index contributed by atoms with van der Waals surface area (Å²) < 4.78 is 35.1. The SMILES string of the molecule is CNc1ccn(-c2ccnc3c2cc([C@@H](C)N2CCC(c4c(C)cc(C(=O)N5CCC(CN6CCN(c7ccc(N[C@H]8CCC(=O)NC8=O)cc7F)CC6)CC5)cc4F)CC2)n3C)c(=O)c1. The first-order valence-corrected chi connectivity index (χ1v) is 23.4. The molecule has 0 radical (unpaired) electrons.